The predicted molar refractivity (Wildman–Crippen MR) is 169 cm³/mol. The van der Waals surface area contributed by atoms with Crippen molar-refractivity contribution in [3.05, 3.63) is 119 Å². The number of benzene rings is 4. The van der Waals surface area contributed by atoms with Crippen LogP contribution in [-0.2, 0) is 32.3 Å². The fourth-order valence-electron chi connectivity index (χ4n) is 3.84. The summed E-state index contributed by atoms with van der Waals surface area (Å²) in [5, 5.41) is 0. The van der Waals surface area contributed by atoms with Crippen molar-refractivity contribution in [2.24, 2.45) is 0 Å². The molecule has 0 fully saturated rings. The minimum absolute atomic E-state index is 0.237. The van der Waals surface area contributed by atoms with Gasteiger partial charge in [-0.25, -0.2) is 9.59 Å². The molecule has 0 aliphatic carbocycles. The molecule has 4 rings (SSSR count). The number of esters is 2. The van der Waals surface area contributed by atoms with Crippen molar-refractivity contribution in [2.75, 3.05) is 26.4 Å². The van der Waals surface area contributed by atoms with Crippen molar-refractivity contribution in [2.45, 2.75) is 27.1 Å². The van der Waals surface area contributed by atoms with Gasteiger partial charge in [-0.3, -0.25) is 9.59 Å². The van der Waals surface area contributed by atoms with Crippen LogP contribution in [0.5, 0.6) is 23.0 Å². The molecular formula is C36H36O10. The van der Waals surface area contributed by atoms with Gasteiger partial charge < -0.3 is 28.4 Å². The molecule has 10 nitrogen and oxygen atoms in total. The lowest BCUT2D eigenvalue weighted by Gasteiger charge is -2.11. The molecule has 0 atom stereocenters. The van der Waals surface area contributed by atoms with Crippen LogP contribution in [0, 0.1) is 0 Å². The van der Waals surface area contributed by atoms with Gasteiger partial charge in [0, 0.05) is 0 Å². The lowest BCUT2D eigenvalue weighted by atomic mass is 10.2. The van der Waals surface area contributed by atoms with Gasteiger partial charge in [0.05, 0.1) is 24.3 Å². The Bertz CT molecular complexity index is 1420. The third-order valence-corrected chi connectivity index (χ3v) is 6.01. The third-order valence-electron chi connectivity index (χ3n) is 6.01. The first-order valence-electron chi connectivity index (χ1n) is 14.5. The van der Waals surface area contributed by atoms with E-state index >= 15 is 0 Å². The second-order valence-electron chi connectivity index (χ2n) is 9.37. The lowest BCUT2D eigenvalue weighted by molar-refractivity contribution is -0.146. The van der Waals surface area contributed by atoms with E-state index in [1.165, 1.54) is 0 Å². The molecule has 46 heavy (non-hydrogen) atoms. The van der Waals surface area contributed by atoms with Crippen LogP contribution < -0.4 is 18.9 Å². The molecule has 0 saturated carbocycles. The summed E-state index contributed by atoms with van der Waals surface area (Å²) in [5.41, 5.74) is 2.70. The highest BCUT2D eigenvalue weighted by Gasteiger charge is 2.10. The van der Waals surface area contributed by atoms with Gasteiger partial charge in [0.2, 0.25) is 0 Å². The van der Waals surface area contributed by atoms with E-state index in [0.717, 1.165) is 11.1 Å². The molecule has 4 aromatic rings. The topological polar surface area (TPSA) is 124 Å². The zero-order valence-corrected chi connectivity index (χ0v) is 25.7. The van der Waals surface area contributed by atoms with E-state index in [1.54, 1.807) is 50.2 Å². The molecule has 10 heteroatoms. The van der Waals surface area contributed by atoms with Gasteiger partial charge in [-0.15, -0.1) is 0 Å². The zero-order valence-electron chi connectivity index (χ0n) is 25.7. The Morgan fingerprint density at radius 3 is 1.28 bits per heavy atom. The van der Waals surface area contributed by atoms with Crippen molar-refractivity contribution >= 4 is 24.5 Å². The maximum absolute atomic E-state index is 11.3. The van der Waals surface area contributed by atoms with Gasteiger partial charge in [-0.2, -0.15) is 0 Å². The molecule has 4 aromatic carbocycles. The molecule has 0 spiro atoms. The zero-order chi connectivity index (χ0) is 33.0. The number of aldehydes is 2. The van der Waals surface area contributed by atoms with E-state index in [0.29, 0.717) is 59.9 Å². The van der Waals surface area contributed by atoms with Gasteiger partial charge in [-0.05, 0) is 61.4 Å². The van der Waals surface area contributed by atoms with Crippen LogP contribution >= 0.6 is 0 Å². The number of carbonyl (C=O) groups is 4. The summed E-state index contributed by atoms with van der Waals surface area (Å²) in [7, 11) is 0. The SMILES string of the molecule is CCOC(=O)COc1ccc(OCc2ccccc2)cc1C=O.CCOC(=O)COc1ccc(OCc2ccccc2)cc1C=O. The molecule has 0 radical (unpaired) electrons. The summed E-state index contributed by atoms with van der Waals surface area (Å²) in [6.07, 6.45) is 1.33. The van der Waals surface area contributed by atoms with Gasteiger partial charge in [0.1, 0.15) is 36.2 Å². The monoisotopic (exact) mass is 628 g/mol. The average Bonchev–Trinajstić information content (AvgIpc) is 3.09. The van der Waals surface area contributed by atoms with E-state index in [2.05, 4.69) is 0 Å². The molecule has 0 amide bonds. The minimum atomic E-state index is -0.478. The van der Waals surface area contributed by atoms with Gasteiger partial charge in [0.15, 0.2) is 25.8 Å². The first-order chi connectivity index (χ1) is 22.4. The van der Waals surface area contributed by atoms with Crippen LogP contribution in [0.25, 0.3) is 0 Å². The molecule has 0 N–H and O–H groups in total. The third kappa shape index (κ3) is 12.2. The van der Waals surface area contributed by atoms with Crippen LogP contribution in [-0.4, -0.2) is 50.9 Å². The Labute approximate surface area is 267 Å². The number of hydrogen-bond acceptors (Lipinski definition) is 10. The second kappa shape index (κ2) is 19.6. The van der Waals surface area contributed by atoms with Crippen LogP contribution in [0.2, 0.25) is 0 Å². The molecule has 0 bridgehead atoms. The maximum Gasteiger partial charge on any atom is 0.344 e. The fourth-order valence-corrected chi connectivity index (χ4v) is 3.84. The standard InChI is InChI=1S/2C18H18O5/c2*1-2-21-18(20)13-23-17-9-8-16(10-15(17)11-19)22-12-14-6-4-3-5-7-14/h2*3-11H,2,12-13H2,1H3. The highest BCUT2D eigenvalue weighted by atomic mass is 16.6. The Morgan fingerprint density at radius 1 is 0.543 bits per heavy atom. The Balaban J connectivity index is 0.000000250. The highest BCUT2D eigenvalue weighted by molar-refractivity contribution is 5.81. The van der Waals surface area contributed by atoms with Gasteiger partial charge >= 0.3 is 11.9 Å². The fraction of sp³-hybridized carbons (Fsp3) is 0.222. The first kappa shape index (κ1) is 34.8. The van der Waals surface area contributed by atoms with Crippen LogP contribution in [0.15, 0.2) is 97.1 Å². The van der Waals surface area contributed by atoms with E-state index in [1.807, 2.05) is 60.7 Å². The van der Waals surface area contributed by atoms with E-state index < -0.39 is 11.9 Å². The molecule has 0 aromatic heterocycles. The largest absolute Gasteiger partial charge is 0.489 e. The number of hydrogen-bond donors (Lipinski definition) is 0. The normalized spacial score (nSPS) is 9.96. The minimum Gasteiger partial charge on any atom is -0.489 e. The average molecular weight is 629 g/mol. The van der Waals surface area contributed by atoms with Crippen LogP contribution in [0.1, 0.15) is 45.7 Å². The van der Waals surface area contributed by atoms with Gasteiger partial charge in [-0.1, -0.05) is 60.7 Å². The molecular weight excluding hydrogens is 592 g/mol. The summed E-state index contributed by atoms with van der Waals surface area (Å²) in [6.45, 7) is 4.34. The lowest BCUT2D eigenvalue weighted by Crippen LogP contribution is -2.15. The van der Waals surface area contributed by atoms with Crippen molar-refractivity contribution in [3.8, 4) is 23.0 Å². The summed E-state index contributed by atoms with van der Waals surface area (Å²) in [5.74, 6) is 0.793. The first-order valence-corrected chi connectivity index (χ1v) is 14.5. The Kier molecular flexibility index (Phi) is 14.8. The summed E-state index contributed by atoms with van der Waals surface area (Å²) >= 11 is 0. The summed E-state index contributed by atoms with van der Waals surface area (Å²) < 4.78 is 31.4. The quantitative estimate of drug-likeness (QED) is 0.107. The highest BCUT2D eigenvalue weighted by Crippen LogP contribution is 2.25. The van der Waals surface area contributed by atoms with E-state index in [9.17, 15) is 19.2 Å². The molecule has 0 aliphatic heterocycles. The number of ether oxygens (including phenoxy) is 6. The van der Waals surface area contributed by atoms with Crippen molar-refractivity contribution < 1.29 is 47.6 Å². The van der Waals surface area contributed by atoms with Crippen molar-refractivity contribution in [3.63, 3.8) is 0 Å². The number of rotatable bonds is 16. The summed E-state index contributed by atoms with van der Waals surface area (Å²) in [6, 6.07) is 29.2. The smallest absolute Gasteiger partial charge is 0.344 e. The van der Waals surface area contributed by atoms with Crippen molar-refractivity contribution in [1.82, 2.24) is 0 Å². The summed E-state index contributed by atoms with van der Waals surface area (Å²) in [4.78, 5) is 44.9. The molecule has 0 unspecified atom stereocenters. The Morgan fingerprint density at radius 2 is 0.935 bits per heavy atom. The molecule has 240 valence electrons. The number of carbonyl (C=O) groups excluding carboxylic acids is 4. The van der Waals surface area contributed by atoms with Crippen LogP contribution in [0.4, 0.5) is 0 Å². The van der Waals surface area contributed by atoms with E-state index in [-0.39, 0.29) is 26.4 Å². The van der Waals surface area contributed by atoms with Gasteiger partial charge in [0.25, 0.3) is 0 Å². The molecule has 0 heterocycles. The van der Waals surface area contributed by atoms with E-state index in [4.69, 9.17) is 28.4 Å². The Hall–Kier alpha value is -5.64. The predicted octanol–water partition coefficient (Wildman–Crippen LogP) is 6.04. The molecule has 0 aliphatic rings. The molecule has 0 saturated heterocycles. The maximum atomic E-state index is 11.3. The van der Waals surface area contributed by atoms with Crippen LogP contribution in [0.3, 0.4) is 0 Å². The van der Waals surface area contributed by atoms with Crippen molar-refractivity contribution in [1.29, 1.82) is 0 Å². The second-order valence-corrected chi connectivity index (χ2v) is 9.37.